The Balaban J connectivity index is 1.78. The van der Waals surface area contributed by atoms with Crippen LogP contribution in [0.25, 0.3) is 11.1 Å². The van der Waals surface area contributed by atoms with Gasteiger partial charge in [-0.3, -0.25) is 19.1 Å². The molecule has 9 nitrogen and oxygen atoms in total. The van der Waals surface area contributed by atoms with E-state index in [1.165, 1.54) is 31.2 Å². The van der Waals surface area contributed by atoms with Gasteiger partial charge in [0.25, 0.3) is 10.0 Å². The van der Waals surface area contributed by atoms with E-state index in [4.69, 9.17) is 11.6 Å². The molecule has 0 saturated heterocycles. The third kappa shape index (κ3) is 4.39. The molecule has 0 fully saturated rings. The number of anilines is 2. The molecule has 3 aromatic rings. The molecule has 0 spiro atoms. The van der Waals surface area contributed by atoms with Gasteiger partial charge in [-0.25, -0.2) is 8.42 Å². The van der Waals surface area contributed by atoms with Crippen LogP contribution < -0.4 is 10.0 Å². The maximum absolute atomic E-state index is 13.1. The van der Waals surface area contributed by atoms with Crippen LogP contribution in [0.3, 0.4) is 0 Å². The molecule has 170 valence electrons. The summed E-state index contributed by atoms with van der Waals surface area (Å²) in [6.45, 7) is 3.04. The quantitative estimate of drug-likeness (QED) is 0.527. The van der Waals surface area contributed by atoms with Crippen LogP contribution in [0.5, 0.6) is 0 Å². The number of sulfonamides is 1. The highest BCUT2D eigenvalue weighted by Gasteiger charge is 2.27. The summed E-state index contributed by atoms with van der Waals surface area (Å²) in [5.74, 6) is -0.693. The molecular formula is C22H19ClN4O5S. The molecule has 2 heterocycles. The molecule has 2 N–H and O–H groups in total. The monoisotopic (exact) mass is 486 g/mol. The Labute approximate surface area is 194 Å². The maximum Gasteiger partial charge on any atom is 0.263 e. The number of fused-ring (bicyclic) bond motifs is 1. The van der Waals surface area contributed by atoms with Crippen molar-refractivity contribution in [1.82, 2.24) is 9.78 Å². The maximum atomic E-state index is 13.1. The van der Waals surface area contributed by atoms with Crippen LogP contribution in [-0.4, -0.2) is 35.8 Å². The van der Waals surface area contributed by atoms with E-state index in [0.717, 1.165) is 4.68 Å². The zero-order chi connectivity index (χ0) is 23.9. The van der Waals surface area contributed by atoms with E-state index in [-0.39, 0.29) is 51.9 Å². The minimum absolute atomic E-state index is 0.0168. The van der Waals surface area contributed by atoms with Crippen LogP contribution in [0.4, 0.5) is 11.5 Å². The van der Waals surface area contributed by atoms with Gasteiger partial charge in [0, 0.05) is 29.7 Å². The Hall–Kier alpha value is -3.50. The lowest BCUT2D eigenvalue weighted by Gasteiger charge is -2.13. The molecule has 1 aromatic heterocycles. The number of benzene rings is 2. The van der Waals surface area contributed by atoms with Crippen molar-refractivity contribution in [3.05, 3.63) is 58.7 Å². The number of rotatable bonds is 5. The normalized spacial score (nSPS) is 13.8. The first-order valence-corrected chi connectivity index (χ1v) is 11.8. The Bertz CT molecular complexity index is 1430. The Kier molecular flexibility index (Phi) is 5.81. The van der Waals surface area contributed by atoms with Gasteiger partial charge in [0.05, 0.1) is 10.7 Å². The molecule has 0 bridgehead atoms. The predicted molar refractivity (Wildman–Crippen MR) is 123 cm³/mol. The minimum atomic E-state index is -4.14. The Morgan fingerprint density at radius 2 is 1.91 bits per heavy atom. The van der Waals surface area contributed by atoms with Gasteiger partial charge >= 0.3 is 0 Å². The molecule has 0 unspecified atom stereocenters. The number of aromatic nitrogens is 2. The second-order valence-electron chi connectivity index (χ2n) is 7.55. The van der Waals surface area contributed by atoms with Crippen LogP contribution in [0.15, 0.2) is 47.4 Å². The van der Waals surface area contributed by atoms with Gasteiger partial charge < -0.3 is 5.32 Å². The highest BCUT2D eigenvalue weighted by molar-refractivity contribution is 7.92. The number of amides is 1. The van der Waals surface area contributed by atoms with Crippen molar-refractivity contribution in [2.75, 3.05) is 10.0 Å². The first kappa shape index (κ1) is 22.7. The lowest BCUT2D eigenvalue weighted by Crippen LogP contribution is -2.14. The van der Waals surface area contributed by atoms with Gasteiger partial charge in [-0.2, -0.15) is 9.78 Å². The van der Waals surface area contributed by atoms with Crippen LogP contribution in [0.2, 0.25) is 5.02 Å². The SMILES string of the molecule is CC(=O)c1cccc(NS(=O)(=O)c2cc(-c3c(C)nn4c3NC(=O)CCC4=O)ccc2Cl)c1. The van der Waals surface area contributed by atoms with E-state index >= 15 is 0 Å². The van der Waals surface area contributed by atoms with Crippen molar-refractivity contribution < 1.29 is 22.8 Å². The summed E-state index contributed by atoms with van der Waals surface area (Å²) in [6.07, 6.45) is 0.0487. The molecular weight excluding hydrogens is 468 g/mol. The number of nitrogens with one attached hydrogen (secondary N) is 2. The average molecular weight is 487 g/mol. The molecule has 11 heteroatoms. The van der Waals surface area contributed by atoms with Crippen LogP contribution in [0.1, 0.15) is 40.6 Å². The number of nitrogens with zero attached hydrogens (tertiary/aromatic N) is 2. The van der Waals surface area contributed by atoms with Crippen molar-refractivity contribution in [1.29, 1.82) is 0 Å². The molecule has 1 aliphatic rings. The van der Waals surface area contributed by atoms with Crippen LogP contribution >= 0.6 is 11.6 Å². The summed E-state index contributed by atoms with van der Waals surface area (Å²) in [4.78, 5) is 35.9. The summed E-state index contributed by atoms with van der Waals surface area (Å²) in [5, 5.41) is 6.89. The largest absolute Gasteiger partial charge is 0.310 e. The van der Waals surface area contributed by atoms with E-state index in [9.17, 15) is 22.8 Å². The number of hydrogen-bond donors (Lipinski definition) is 2. The van der Waals surface area contributed by atoms with Gasteiger partial charge in [0.1, 0.15) is 10.7 Å². The first-order valence-electron chi connectivity index (χ1n) is 9.93. The molecule has 33 heavy (non-hydrogen) atoms. The highest BCUT2D eigenvalue weighted by atomic mass is 35.5. The van der Waals surface area contributed by atoms with E-state index in [0.29, 0.717) is 22.4 Å². The summed E-state index contributed by atoms with van der Waals surface area (Å²) in [6, 6.07) is 10.5. The second kappa shape index (κ2) is 8.45. The number of carbonyl (C=O) groups is 3. The van der Waals surface area contributed by atoms with E-state index in [1.54, 1.807) is 25.1 Å². The number of hydrogen-bond acceptors (Lipinski definition) is 6. The molecule has 4 rings (SSSR count). The van der Waals surface area contributed by atoms with E-state index in [2.05, 4.69) is 15.1 Å². The lowest BCUT2D eigenvalue weighted by atomic mass is 10.1. The number of carbonyl (C=O) groups excluding carboxylic acids is 3. The summed E-state index contributed by atoms with van der Waals surface area (Å²) < 4.78 is 29.8. The fraction of sp³-hybridized carbons (Fsp3) is 0.182. The van der Waals surface area contributed by atoms with Gasteiger partial charge in [-0.05, 0) is 43.7 Å². The molecule has 0 radical (unpaired) electrons. The summed E-state index contributed by atoms with van der Waals surface area (Å²) in [7, 11) is -4.14. The smallest absolute Gasteiger partial charge is 0.263 e. The molecule has 0 saturated carbocycles. The minimum Gasteiger partial charge on any atom is -0.310 e. The number of ketones is 1. The standard InChI is InChI=1S/C22H19ClN4O5S/c1-12-21(22-24-19(29)8-9-20(30)27(22)25-12)15-6-7-17(23)18(11-15)33(31,32)26-16-5-3-4-14(10-16)13(2)28/h3-7,10-11,26H,8-9H2,1-2H3,(H,24,29). The van der Waals surface area contributed by atoms with Crippen LogP contribution in [-0.2, 0) is 14.8 Å². The summed E-state index contributed by atoms with van der Waals surface area (Å²) >= 11 is 6.23. The average Bonchev–Trinajstić information content (AvgIpc) is 3.00. The fourth-order valence-corrected chi connectivity index (χ4v) is 5.14. The number of aryl methyl sites for hydroxylation is 1. The fourth-order valence-electron chi connectivity index (χ4n) is 3.57. The second-order valence-corrected chi connectivity index (χ2v) is 9.61. The zero-order valence-electron chi connectivity index (χ0n) is 17.7. The van der Waals surface area contributed by atoms with E-state index < -0.39 is 10.0 Å². The van der Waals surface area contributed by atoms with Gasteiger partial charge in [0.2, 0.25) is 11.8 Å². The van der Waals surface area contributed by atoms with Gasteiger partial charge in [-0.15, -0.1) is 0 Å². The molecule has 1 aliphatic heterocycles. The highest BCUT2D eigenvalue weighted by Crippen LogP contribution is 2.36. The number of halogens is 1. The van der Waals surface area contributed by atoms with E-state index in [1.807, 2.05) is 0 Å². The Morgan fingerprint density at radius 1 is 1.15 bits per heavy atom. The van der Waals surface area contributed by atoms with Gasteiger partial charge in [-0.1, -0.05) is 29.8 Å². The number of Topliss-reactive ketones (excluding diaryl/α,β-unsaturated/α-hetero) is 1. The predicted octanol–water partition coefficient (Wildman–Crippen LogP) is 3.89. The van der Waals surface area contributed by atoms with Crippen molar-refractivity contribution in [2.24, 2.45) is 0 Å². The molecule has 1 amide bonds. The van der Waals surface area contributed by atoms with Crippen LogP contribution in [0, 0.1) is 6.92 Å². The van der Waals surface area contributed by atoms with Crippen molar-refractivity contribution >= 4 is 50.7 Å². The van der Waals surface area contributed by atoms with Crippen molar-refractivity contribution in [3.63, 3.8) is 0 Å². The van der Waals surface area contributed by atoms with Crippen molar-refractivity contribution in [3.8, 4) is 11.1 Å². The first-order chi connectivity index (χ1) is 15.6. The lowest BCUT2D eigenvalue weighted by molar-refractivity contribution is -0.116. The Morgan fingerprint density at radius 3 is 2.64 bits per heavy atom. The molecule has 0 atom stereocenters. The summed E-state index contributed by atoms with van der Waals surface area (Å²) in [5.41, 5.74) is 1.83. The molecule has 0 aliphatic carbocycles. The third-order valence-corrected chi connectivity index (χ3v) is 7.01. The van der Waals surface area contributed by atoms with Gasteiger partial charge in [0.15, 0.2) is 5.78 Å². The van der Waals surface area contributed by atoms with Crippen molar-refractivity contribution in [2.45, 2.75) is 31.6 Å². The zero-order valence-corrected chi connectivity index (χ0v) is 19.2. The molecule has 2 aromatic carbocycles. The topological polar surface area (TPSA) is 127 Å². The third-order valence-electron chi connectivity index (χ3n) is 5.15.